The van der Waals surface area contributed by atoms with Crippen molar-refractivity contribution in [2.75, 3.05) is 25.1 Å². The summed E-state index contributed by atoms with van der Waals surface area (Å²) in [6.45, 7) is 1.83. The number of benzene rings is 1. The number of carbonyl (C=O) groups is 1. The molecular formula is C18H26Cl2N2O3. The van der Waals surface area contributed by atoms with Crippen LogP contribution in [0.1, 0.15) is 32.1 Å². The third-order valence-corrected chi connectivity index (χ3v) is 5.18. The Morgan fingerprint density at radius 3 is 2.88 bits per heavy atom. The van der Waals surface area contributed by atoms with Crippen LogP contribution in [0.4, 0.5) is 5.69 Å². The smallest absolute Gasteiger partial charge is 0.227 e. The lowest BCUT2D eigenvalue weighted by Crippen LogP contribution is -2.30. The number of nitrogens with two attached hydrogens (primary N) is 1. The van der Waals surface area contributed by atoms with E-state index in [9.17, 15) is 4.79 Å². The second-order valence-corrected chi connectivity index (χ2v) is 7.05. The van der Waals surface area contributed by atoms with E-state index in [1.807, 2.05) is 0 Å². The topological polar surface area (TPSA) is 73.6 Å². The number of nitrogens with one attached hydrogen (secondary N) is 1. The van der Waals surface area contributed by atoms with Crippen molar-refractivity contribution in [3.05, 3.63) is 23.2 Å². The Kier molecular flexibility index (Phi) is 7.81. The average Bonchev–Trinajstić information content (AvgIpc) is 3.25. The van der Waals surface area contributed by atoms with Crippen molar-refractivity contribution in [1.82, 2.24) is 0 Å². The van der Waals surface area contributed by atoms with Crippen molar-refractivity contribution in [2.24, 2.45) is 17.6 Å². The molecule has 1 saturated heterocycles. The van der Waals surface area contributed by atoms with Gasteiger partial charge in [-0.3, -0.25) is 4.79 Å². The molecule has 25 heavy (non-hydrogen) atoms. The first kappa shape index (κ1) is 20.3. The Balaban J connectivity index is 0.00000225. The maximum atomic E-state index is 12.6. The minimum Gasteiger partial charge on any atom is -0.489 e. The van der Waals surface area contributed by atoms with Gasteiger partial charge < -0.3 is 20.5 Å². The van der Waals surface area contributed by atoms with Gasteiger partial charge in [-0.2, -0.15) is 0 Å². The number of anilines is 1. The third kappa shape index (κ3) is 5.23. The van der Waals surface area contributed by atoms with Crippen molar-refractivity contribution in [3.63, 3.8) is 0 Å². The highest BCUT2D eigenvalue weighted by atomic mass is 35.5. The molecule has 0 bridgehead atoms. The summed E-state index contributed by atoms with van der Waals surface area (Å²) >= 11 is 6.09. The maximum Gasteiger partial charge on any atom is 0.227 e. The minimum absolute atomic E-state index is 0. The van der Waals surface area contributed by atoms with Gasteiger partial charge >= 0.3 is 0 Å². The fraction of sp³-hybridized carbons (Fsp3) is 0.611. The van der Waals surface area contributed by atoms with Crippen LogP contribution >= 0.6 is 24.0 Å². The molecule has 0 radical (unpaired) electrons. The second-order valence-electron chi connectivity index (χ2n) is 6.61. The van der Waals surface area contributed by atoms with Crippen LogP contribution in [-0.2, 0) is 9.53 Å². The maximum absolute atomic E-state index is 12.6. The molecule has 7 heteroatoms. The Hall–Kier alpha value is -1.01. The van der Waals surface area contributed by atoms with E-state index in [0.29, 0.717) is 29.6 Å². The normalized spacial score (nSPS) is 25.4. The lowest BCUT2D eigenvalue weighted by molar-refractivity contribution is -0.120. The Bertz CT molecular complexity index is 579. The zero-order chi connectivity index (χ0) is 16.9. The molecule has 3 N–H and O–H groups in total. The van der Waals surface area contributed by atoms with E-state index in [-0.39, 0.29) is 36.3 Å². The number of hydrogen-bond acceptors (Lipinski definition) is 4. The predicted molar refractivity (Wildman–Crippen MR) is 102 cm³/mol. The zero-order valence-electron chi connectivity index (χ0n) is 14.2. The van der Waals surface area contributed by atoms with E-state index in [4.69, 9.17) is 26.8 Å². The number of halogens is 2. The van der Waals surface area contributed by atoms with Crippen LogP contribution in [0.3, 0.4) is 0 Å². The number of amides is 1. The Labute approximate surface area is 160 Å². The first-order chi connectivity index (χ1) is 11.7. The molecule has 1 aliphatic heterocycles. The molecule has 2 aliphatic rings. The van der Waals surface area contributed by atoms with Crippen molar-refractivity contribution >= 4 is 35.6 Å². The van der Waals surface area contributed by atoms with Gasteiger partial charge in [0.25, 0.3) is 0 Å². The molecule has 1 saturated carbocycles. The summed E-state index contributed by atoms with van der Waals surface area (Å²) in [5.41, 5.74) is 6.41. The van der Waals surface area contributed by atoms with Crippen LogP contribution in [0.25, 0.3) is 0 Å². The van der Waals surface area contributed by atoms with Crippen molar-refractivity contribution in [1.29, 1.82) is 0 Å². The minimum atomic E-state index is -0.0278. The van der Waals surface area contributed by atoms with E-state index in [1.54, 1.807) is 18.2 Å². The molecule has 1 amide bonds. The summed E-state index contributed by atoms with van der Waals surface area (Å²) in [7, 11) is 0. The fourth-order valence-electron chi connectivity index (χ4n) is 3.57. The summed E-state index contributed by atoms with van der Waals surface area (Å²) in [6.07, 6.45) is 5.17. The quantitative estimate of drug-likeness (QED) is 0.779. The number of hydrogen-bond donors (Lipinski definition) is 2. The molecule has 0 spiro atoms. The summed E-state index contributed by atoms with van der Waals surface area (Å²) in [6, 6.07) is 5.29. The molecule has 1 unspecified atom stereocenters. The highest BCUT2D eigenvalue weighted by Gasteiger charge is 2.32. The highest BCUT2D eigenvalue weighted by Crippen LogP contribution is 2.34. The Morgan fingerprint density at radius 2 is 2.16 bits per heavy atom. The van der Waals surface area contributed by atoms with Gasteiger partial charge in [-0.05, 0) is 56.3 Å². The number of rotatable bonds is 6. The summed E-state index contributed by atoms with van der Waals surface area (Å²) < 4.78 is 11.4. The van der Waals surface area contributed by atoms with Gasteiger partial charge in [0.1, 0.15) is 12.4 Å². The van der Waals surface area contributed by atoms with Crippen LogP contribution in [0.5, 0.6) is 5.75 Å². The lowest BCUT2D eigenvalue weighted by atomic mass is 9.95. The van der Waals surface area contributed by atoms with E-state index in [2.05, 4.69) is 5.32 Å². The molecule has 1 heterocycles. The first-order valence-corrected chi connectivity index (χ1v) is 9.10. The monoisotopic (exact) mass is 388 g/mol. The van der Waals surface area contributed by atoms with Gasteiger partial charge in [-0.25, -0.2) is 0 Å². The molecule has 1 aromatic carbocycles. The molecule has 3 rings (SSSR count). The van der Waals surface area contributed by atoms with Gasteiger partial charge in [0, 0.05) is 17.5 Å². The van der Waals surface area contributed by atoms with Gasteiger partial charge in [0.2, 0.25) is 5.91 Å². The van der Waals surface area contributed by atoms with E-state index >= 15 is 0 Å². The second kappa shape index (κ2) is 9.62. The van der Waals surface area contributed by atoms with Crippen molar-refractivity contribution < 1.29 is 14.3 Å². The number of carbonyl (C=O) groups excluding carboxylic acids is 1. The third-order valence-electron chi connectivity index (χ3n) is 4.95. The molecule has 0 aromatic heterocycles. The number of ether oxygens (including phenoxy) is 2. The molecular weight excluding hydrogens is 363 g/mol. The van der Waals surface area contributed by atoms with E-state index < -0.39 is 0 Å². The highest BCUT2D eigenvalue weighted by molar-refractivity contribution is 6.31. The molecule has 2 fully saturated rings. The van der Waals surface area contributed by atoms with Crippen LogP contribution < -0.4 is 15.8 Å². The largest absolute Gasteiger partial charge is 0.489 e. The van der Waals surface area contributed by atoms with Crippen molar-refractivity contribution in [2.45, 2.75) is 38.2 Å². The van der Waals surface area contributed by atoms with Crippen LogP contribution in [0, 0.1) is 11.8 Å². The predicted octanol–water partition coefficient (Wildman–Crippen LogP) is 3.63. The first-order valence-electron chi connectivity index (χ1n) is 8.72. The van der Waals surface area contributed by atoms with Gasteiger partial charge in [-0.15, -0.1) is 12.4 Å². The van der Waals surface area contributed by atoms with Crippen LogP contribution in [0.15, 0.2) is 18.2 Å². The standard InChI is InChI=1S/C18H25ClN2O3.ClH/c19-13-6-7-17(24-11-14-4-2-8-23-14)16(9-13)21-18(22)15-5-1-3-12(15)10-20;/h6-7,9,12,14-15H,1-5,8,10-11,20H2,(H,21,22);1H/t12-,14?,15-;/m1./s1. The Morgan fingerprint density at radius 1 is 1.32 bits per heavy atom. The molecule has 5 nitrogen and oxygen atoms in total. The van der Waals surface area contributed by atoms with Gasteiger partial charge in [-0.1, -0.05) is 18.0 Å². The van der Waals surface area contributed by atoms with Gasteiger partial charge in [0.15, 0.2) is 0 Å². The van der Waals surface area contributed by atoms with Crippen molar-refractivity contribution in [3.8, 4) is 5.75 Å². The summed E-state index contributed by atoms with van der Waals surface area (Å²) in [5.74, 6) is 0.873. The van der Waals surface area contributed by atoms with Gasteiger partial charge in [0.05, 0.1) is 11.8 Å². The van der Waals surface area contributed by atoms with Crippen LogP contribution in [0.2, 0.25) is 5.02 Å². The molecule has 140 valence electrons. The van der Waals surface area contributed by atoms with E-state index in [0.717, 1.165) is 38.7 Å². The molecule has 1 aromatic rings. The zero-order valence-corrected chi connectivity index (χ0v) is 15.8. The van der Waals surface area contributed by atoms with Crippen LogP contribution in [-0.4, -0.2) is 31.8 Å². The lowest BCUT2D eigenvalue weighted by Gasteiger charge is -2.19. The van der Waals surface area contributed by atoms with E-state index in [1.165, 1.54) is 0 Å². The molecule has 3 atom stereocenters. The summed E-state index contributed by atoms with van der Waals surface area (Å²) in [5, 5.41) is 3.55. The SMILES string of the molecule is Cl.NC[C@H]1CCC[C@H]1C(=O)Nc1cc(Cl)ccc1OCC1CCCO1. The fourth-order valence-corrected chi connectivity index (χ4v) is 3.75. The molecule has 1 aliphatic carbocycles. The summed E-state index contributed by atoms with van der Waals surface area (Å²) in [4.78, 5) is 12.6. The average molecular weight is 389 g/mol.